The van der Waals surface area contributed by atoms with Crippen molar-refractivity contribution < 1.29 is 14.3 Å². The van der Waals surface area contributed by atoms with Gasteiger partial charge in [-0.3, -0.25) is 9.89 Å². The average Bonchev–Trinajstić information content (AvgIpc) is 3.20. The van der Waals surface area contributed by atoms with E-state index < -0.39 is 0 Å². The zero-order valence-corrected chi connectivity index (χ0v) is 14.2. The number of rotatable bonds is 4. The molecule has 1 fully saturated rings. The third-order valence-corrected chi connectivity index (χ3v) is 4.46. The van der Waals surface area contributed by atoms with E-state index in [2.05, 4.69) is 15.5 Å². The van der Waals surface area contributed by atoms with Gasteiger partial charge in [0.05, 0.1) is 18.7 Å². The summed E-state index contributed by atoms with van der Waals surface area (Å²) < 4.78 is 4.74. The van der Waals surface area contributed by atoms with E-state index in [0.29, 0.717) is 19.6 Å². The zero-order valence-electron chi connectivity index (χ0n) is 14.2. The minimum absolute atomic E-state index is 0.0220. The molecular formula is C18H22N4O3. The molecule has 2 amide bonds. The van der Waals surface area contributed by atoms with Gasteiger partial charge in [-0.15, -0.1) is 0 Å². The maximum atomic E-state index is 12.4. The number of aromatic nitrogens is 2. The normalized spacial score (nSPS) is 17.2. The van der Waals surface area contributed by atoms with Gasteiger partial charge in [0.15, 0.2) is 0 Å². The number of ether oxygens (including phenoxy) is 1. The molecule has 1 aromatic heterocycles. The van der Waals surface area contributed by atoms with Gasteiger partial charge < -0.3 is 15.0 Å². The van der Waals surface area contributed by atoms with Gasteiger partial charge in [-0.05, 0) is 30.0 Å². The molecule has 1 atom stereocenters. The fourth-order valence-electron chi connectivity index (χ4n) is 3.04. The number of piperidine rings is 1. The Balaban J connectivity index is 1.52. The van der Waals surface area contributed by atoms with Gasteiger partial charge in [0.2, 0.25) is 5.91 Å². The Morgan fingerprint density at radius 1 is 1.32 bits per heavy atom. The Labute approximate surface area is 146 Å². The van der Waals surface area contributed by atoms with Crippen LogP contribution in [0.15, 0.2) is 36.5 Å². The largest absolute Gasteiger partial charge is 0.453 e. The van der Waals surface area contributed by atoms with Crippen LogP contribution in [0.25, 0.3) is 11.3 Å². The summed E-state index contributed by atoms with van der Waals surface area (Å²) in [5.41, 5.74) is 3.03. The van der Waals surface area contributed by atoms with Crippen LogP contribution in [0.5, 0.6) is 0 Å². The number of amides is 2. The van der Waals surface area contributed by atoms with Crippen molar-refractivity contribution >= 4 is 12.0 Å². The fraction of sp³-hybridized carbons (Fsp3) is 0.389. The molecule has 7 heteroatoms. The lowest BCUT2D eigenvalue weighted by atomic mass is 9.97. The van der Waals surface area contributed by atoms with Crippen molar-refractivity contribution in [1.29, 1.82) is 0 Å². The Morgan fingerprint density at radius 2 is 2.12 bits per heavy atom. The quantitative estimate of drug-likeness (QED) is 0.891. The first-order valence-electron chi connectivity index (χ1n) is 8.36. The van der Waals surface area contributed by atoms with E-state index in [1.165, 1.54) is 7.11 Å². The van der Waals surface area contributed by atoms with Crippen molar-refractivity contribution in [3.8, 4) is 11.3 Å². The third kappa shape index (κ3) is 4.17. The predicted octanol–water partition coefficient (Wildman–Crippen LogP) is 2.17. The number of hydrogen-bond donors (Lipinski definition) is 2. The van der Waals surface area contributed by atoms with Gasteiger partial charge in [-0.1, -0.05) is 24.3 Å². The number of nitrogens with one attached hydrogen (secondary N) is 2. The van der Waals surface area contributed by atoms with Gasteiger partial charge in [0.25, 0.3) is 0 Å². The molecule has 2 heterocycles. The second-order valence-electron chi connectivity index (χ2n) is 6.14. The first kappa shape index (κ1) is 17.0. The number of aromatic amines is 1. The third-order valence-electron chi connectivity index (χ3n) is 4.46. The molecule has 7 nitrogen and oxygen atoms in total. The number of likely N-dealkylation sites (tertiary alicyclic amines) is 1. The molecule has 0 aliphatic carbocycles. The lowest BCUT2D eigenvalue weighted by molar-refractivity contribution is -0.126. The minimum Gasteiger partial charge on any atom is -0.453 e. The number of carbonyl (C=O) groups excluding carboxylic acids is 2. The lowest BCUT2D eigenvalue weighted by Crippen LogP contribution is -2.45. The molecule has 2 aromatic rings. The van der Waals surface area contributed by atoms with Gasteiger partial charge >= 0.3 is 6.09 Å². The van der Waals surface area contributed by atoms with Gasteiger partial charge in [0.1, 0.15) is 0 Å². The van der Waals surface area contributed by atoms with Crippen molar-refractivity contribution in [1.82, 2.24) is 20.4 Å². The Kier molecular flexibility index (Phi) is 5.33. The molecule has 1 saturated heterocycles. The lowest BCUT2D eigenvalue weighted by Gasteiger charge is -2.30. The number of carbonyl (C=O) groups is 2. The Hall–Kier alpha value is -2.83. The molecule has 1 aliphatic rings. The maximum absolute atomic E-state index is 12.4. The molecule has 1 aromatic carbocycles. The summed E-state index contributed by atoms with van der Waals surface area (Å²) >= 11 is 0. The van der Waals surface area contributed by atoms with E-state index in [9.17, 15) is 9.59 Å². The van der Waals surface area contributed by atoms with Crippen molar-refractivity contribution in [2.24, 2.45) is 5.92 Å². The Morgan fingerprint density at radius 3 is 2.80 bits per heavy atom. The fourth-order valence-corrected chi connectivity index (χ4v) is 3.04. The predicted molar refractivity (Wildman–Crippen MR) is 92.6 cm³/mol. The molecule has 0 saturated carbocycles. The summed E-state index contributed by atoms with van der Waals surface area (Å²) in [6, 6.07) is 9.87. The van der Waals surface area contributed by atoms with Crippen LogP contribution in [0.4, 0.5) is 4.79 Å². The van der Waals surface area contributed by atoms with Crippen LogP contribution in [0.1, 0.15) is 18.4 Å². The SMILES string of the molecule is COC(=O)N1CCC[C@H](C(=O)NCc2ccc(-c3ccn[nH]3)cc2)C1. The number of methoxy groups -OCH3 is 1. The molecule has 0 radical (unpaired) electrons. The molecule has 3 rings (SSSR count). The van der Waals surface area contributed by atoms with Crippen molar-refractivity contribution in [2.45, 2.75) is 19.4 Å². The van der Waals surface area contributed by atoms with E-state index in [0.717, 1.165) is 29.7 Å². The second-order valence-corrected chi connectivity index (χ2v) is 6.14. The van der Waals surface area contributed by atoms with Crippen LogP contribution < -0.4 is 5.32 Å². The first-order valence-corrected chi connectivity index (χ1v) is 8.36. The molecule has 132 valence electrons. The van der Waals surface area contributed by atoms with Crippen LogP contribution in [-0.4, -0.2) is 47.3 Å². The molecule has 1 aliphatic heterocycles. The summed E-state index contributed by atoms with van der Waals surface area (Å²) in [5.74, 6) is -0.205. The van der Waals surface area contributed by atoms with E-state index >= 15 is 0 Å². The average molecular weight is 342 g/mol. The molecular weight excluding hydrogens is 320 g/mol. The maximum Gasteiger partial charge on any atom is 0.409 e. The highest BCUT2D eigenvalue weighted by atomic mass is 16.5. The number of hydrogen-bond acceptors (Lipinski definition) is 4. The summed E-state index contributed by atoms with van der Waals surface area (Å²) in [6.07, 6.45) is 2.95. The summed E-state index contributed by atoms with van der Waals surface area (Å²) in [6.45, 7) is 1.53. The van der Waals surface area contributed by atoms with Crippen LogP contribution >= 0.6 is 0 Å². The summed E-state index contributed by atoms with van der Waals surface area (Å²) in [7, 11) is 1.36. The van der Waals surface area contributed by atoms with Crippen molar-refractivity contribution in [3.05, 3.63) is 42.1 Å². The van der Waals surface area contributed by atoms with Crippen molar-refractivity contribution in [2.75, 3.05) is 20.2 Å². The monoisotopic (exact) mass is 342 g/mol. The van der Waals surface area contributed by atoms with Gasteiger partial charge in [-0.2, -0.15) is 5.10 Å². The summed E-state index contributed by atoms with van der Waals surface area (Å²) in [5, 5.41) is 9.82. The first-order chi connectivity index (χ1) is 12.2. The van der Waals surface area contributed by atoms with Gasteiger partial charge in [-0.25, -0.2) is 4.79 Å². The highest BCUT2D eigenvalue weighted by Crippen LogP contribution is 2.19. The number of benzene rings is 1. The molecule has 2 N–H and O–H groups in total. The second kappa shape index (κ2) is 7.83. The highest BCUT2D eigenvalue weighted by molar-refractivity contribution is 5.80. The Bertz CT molecular complexity index is 712. The highest BCUT2D eigenvalue weighted by Gasteiger charge is 2.28. The number of H-pyrrole nitrogens is 1. The van der Waals surface area contributed by atoms with Crippen molar-refractivity contribution in [3.63, 3.8) is 0 Å². The van der Waals surface area contributed by atoms with E-state index in [4.69, 9.17) is 4.74 Å². The van der Waals surface area contributed by atoms with Crippen LogP contribution in [0, 0.1) is 5.92 Å². The molecule has 0 spiro atoms. The molecule has 0 bridgehead atoms. The van der Waals surface area contributed by atoms with E-state index in [1.807, 2.05) is 30.3 Å². The topological polar surface area (TPSA) is 87.3 Å². The number of nitrogens with zero attached hydrogens (tertiary/aromatic N) is 2. The van der Waals surface area contributed by atoms with Crippen LogP contribution in [0.2, 0.25) is 0 Å². The van der Waals surface area contributed by atoms with Crippen LogP contribution in [0.3, 0.4) is 0 Å². The van der Waals surface area contributed by atoms with E-state index in [1.54, 1.807) is 11.1 Å². The van der Waals surface area contributed by atoms with Crippen LogP contribution in [-0.2, 0) is 16.1 Å². The summed E-state index contributed by atoms with van der Waals surface area (Å²) in [4.78, 5) is 25.6. The molecule has 25 heavy (non-hydrogen) atoms. The minimum atomic E-state index is -0.369. The van der Waals surface area contributed by atoms with Gasteiger partial charge in [0, 0.05) is 25.8 Å². The molecule has 0 unspecified atom stereocenters. The smallest absolute Gasteiger partial charge is 0.409 e. The standard InChI is InChI=1S/C18H22N4O3/c1-25-18(24)22-10-2-3-15(12-22)17(23)19-11-13-4-6-14(7-5-13)16-8-9-20-21-16/h4-9,15H,2-3,10-12H2,1H3,(H,19,23)(H,20,21)/t15-/m0/s1. The van der Waals surface area contributed by atoms with E-state index in [-0.39, 0.29) is 17.9 Å². The zero-order chi connectivity index (χ0) is 17.6.